The van der Waals surface area contributed by atoms with Crippen molar-refractivity contribution in [2.45, 2.75) is 50.8 Å². The van der Waals surface area contributed by atoms with Gasteiger partial charge in [0.05, 0.1) is 11.1 Å². The van der Waals surface area contributed by atoms with Crippen LogP contribution in [0.1, 0.15) is 37.7 Å². The monoisotopic (exact) mass is 303 g/mol. The van der Waals surface area contributed by atoms with Crippen LogP contribution in [0, 0.1) is 0 Å². The zero-order valence-corrected chi connectivity index (χ0v) is 12.2. The minimum absolute atomic E-state index is 0.0571. The van der Waals surface area contributed by atoms with Gasteiger partial charge in [-0.25, -0.2) is 0 Å². The van der Waals surface area contributed by atoms with Gasteiger partial charge in [0.2, 0.25) is 0 Å². The van der Waals surface area contributed by atoms with E-state index >= 15 is 0 Å². The number of hydrogen-bond donors (Lipinski definition) is 3. The van der Waals surface area contributed by atoms with Crippen molar-refractivity contribution in [2.24, 2.45) is 0 Å². The van der Waals surface area contributed by atoms with Crippen LogP contribution in [-0.4, -0.2) is 22.4 Å². The van der Waals surface area contributed by atoms with E-state index in [-0.39, 0.29) is 22.9 Å². The lowest BCUT2D eigenvalue weighted by molar-refractivity contribution is 0.119. The second-order valence-corrected chi connectivity index (χ2v) is 5.93. The SMILES string of the molecule is Oc1c(Cl)cc(Cl)cc1CNC1CCCCCC1O. The molecule has 1 fully saturated rings. The Morgan fingerprint density at radius 3 is 2.68 bits per heavy atom. The second-order valence-electron chi connectivity index (χ2n) is 5.09. The normalized spacial score (nSPS) is 24.2. The predicted octanol–water partition coefficient (Wildman–Crippen LogP) is 3.48. The maximum atomic E-state index is 10.0. The molecule has 0 aliphatic heterocycles. The molecule has 19 heavy (non-hydrogen) atoms. The van der Waals surface area contributed by atoms with E-state index in [1.165, 1.54) is 12.5 Å². The quantitative estimate of drug-likeness (QED) is 0.749. The summed E-state index contributed by atoms with van der Waals surface area (Å²) in [5, 5.41) is 24.0. The molecule has 5 heteroatoms. The predicted molar refractivity (Wildman–Crippen MR) is 77.8 cm³/mol. The first-order chi connectivity index (χ1) is 9.08. The van der Waals surface area contributed by atoms with Gasteiger partial charge in [-0.05, 0) is 25.0 Å². The highest BCUT2D eigenvalue weighted by atomic mass is 35.5. The number of aliphatic hydroxyl groups excluding tert-OH is 1. The van der Waals surface area contributed by atoms with E-state index in [4.69, 9.17) is 23.2 Å². The van der Waals surface area contributed by atoms with E-state index in [2.05, 4.69) is 5.32 Å². The fourth-order valence-electron chi connectivity index (χ4n) is 2.52. The zero-order chi connectivity index (χ0) is 13.8. The molecule has 0 aromatic heterocycles. The molecule has 3 nitrogen and oxygen atoms in total. The van der Waals surface area contributed by atoms with Crippen LogP contribution < -0.4 is 5.32 Å². The summed E-state index contributed by atoms with van der Waals surface area (Å²) in [5.74, 6) is 0.0571. The van der Waals surface area contributed by atoms with Gasteiger partial charge < -0.3 is 15.5 Å². The molecule has 0 bridgehead atoms. The first kappa shape index (κ1) is 14.9. The molecule has 0 heterocycles. The molecule has 2 rings (SSSR count). The summed E-state index contributed by atoms with van der Waals surface area (Å²) in [7, 11) is 0. The number of benzene rings is 1. The zero-order valence-electron chi connectivity index (χ0n) is 10.7. The number of nitrogens with one attached hydrogen (secondary N) is 1. The van der Waals surface area contributed by atoms with E-state index in [0.717, 1.165) is 25.7 Å². The summed E-state index contributed by atoms with van der Waals surface area (Å²) in [6.07, 6.45) is 4.84. The average Bonchev–Trinajstić information content (AvgIpc) is 2.57. The van der Waals surface area contributed by atoms with E-state index in [1.54, 1.807) is 6.07 Å². The molecule has 1 aromatic carbocycles. The molecule has 1 aliphatic rings. The van der Waals surface area contributed by atoms with Gasteiger partial charge in [-0.3, -0.25) is 0 Å². The Morgan fingerprint density at radius 2 is 1.89 bits per heavy atom. The fourth-order valence-corrected chi connectivity index (χ4v) is 3.06. The Hall–Kier alpha value is -0.480. The summed E-state index contributed by atoms with van der Waals surface area (Å²) in [5.41, 5.74) is 0.661. The van der Waals surface area contributed by atoms with Crippen molar-refractivity contribution in [3.63, 3.8) is 0 Å². The third-order valence-corrected chi connectivity index (χ3v) is 4.15. The molecule has 1 aliphatic carbocycles. The molecule has 2 unspecified atom stereocenters. The maximum Gasteiger partial charge on any atom is 0.138 e. The number of halogens is 2. The molecular weight excluding hydrogens is 285 g/mol. The molecule has 0 saturated heterocycles. The van der Waals surface area contributed by atoms with Gasteiger partial charge in [0, 0.05) is 23.2 Å². The Balaban J connectivity index is 2.01. The third-order valence-electron chi connectivity index (χ3n) is 3.64. The molecule has 106 valence electrons. The molecule has 1 saturated carbocycles. The lowest BCUT2D eigenvalue weighted by Gasteiger charge is -2.22. The van der Waals surface area contributed by atoms with Gasteiger partial charge in [0.15, 0.2) is 0 Å². The molecule has 1 aromatic rings. The number of rotatable bonds is 3. The lowest BCUT2D eigenvalue weighted by Crippen LogP contribution is -2.38. The number of phenols is 1. The summed E-state index contributed by atoms with van der Waals surface area (Å²) >= 11 is 11.8. The van der Waals surface area contributed by atoms with Crippen LogP contribution in [-0.2, 0) is 6.54 Å². The van der Waals surface area contributed by atoms with Crippen molar-refractivity contribution in [3.05, 3.63) is 27.7 Å². The van der Waals surface area contributed by atoms with E-state index in [1.807, 2.05) is 0 Å². The largest absolute Gasteiger partial charge is 0.506 e. The molecule has 3 N–H and O–H groups in total. The Labute approximate surface area is 123 Å². The first-order valence-electron chi connectivity index (χ1n) is 6.66. The highest BCUT2D eigenvalue weighted by molar-refractivity contribution is 6.35. The topological polar surface area (TPSA) is 52.5 Å². The minimum atomic E-state index is -0.320. The van der Waals surface area contributed by atoms with Gasteiger partial charge in [-0.2, -0.15) is 0 Å². The van der Waals surface area contributed by atoms with Gasteiger partial charge in [-0.1, -0.05) is 42.5 Å². The summed E-state index contributed by atoms with van der Waals surface area (Å²) < 4.78 is 0. The molecule has 0 radical (unpaired) electrons. The van der Waals surface area contributed by atoms with Gasteiger partial charge in [0.1, 0.15) is 5.75 Å². The third kappa shape index (κ3) is 3.99. The van der Waals surface area contributed by atoms with E-state index < -0.39 is 0 Å². The highest BCUT2D eigenvalue weighted by Gasteiger charge is 2.21. The highest BCUT2D eigenvalue weighted by Crippen LogP contribution is 2.31. The molecule has 2 atom stereocenters. The van der Waals surface area contributed by atoms with Gasteiger partial charge in [-0.15, -0.1) is 0 Å². The Morgan fingerprint density at radius 1 is 1.16 bits per heavy atom. The molecule has 0 spiro atoms. The van der Waals surface area contributed by atoms with Crippen molar-refractivity contribution in [1.82, 2.24) is 5.32 Å². The summed E-state index contributed by atoms with van der Waals surface area (Å²) in [4.78, 5) is 0. The standard InChI is InChI=1S/C14H19Cl2NO2/c15-10-6-9(14(19)11(16)7-10)8-17-12-4-2-1-3-5-13(12)18/h6-7,12-13,17-19H,1-5,8H2. The fraction of sp³-hybridized carbons (Fsp3) is 0.571. The van der Waals surface area contributed by atoms with E-state index in [9.17, 15) is 10.2 Å². The Kier molecular flexibility index (Phi) is 5.34. The second kappa shape index (κ2) is 6.80. The van der Waals surface area contributed by atoms with Crippen LogP contribution in [0.4, 0.5) is 0 Å². The van der Waals surface area contributed by atoms with Crippen molar-refractivity contribution < 1.29 is 10.2 Å². The van der Waals surface area contributed by atoms with Crippen LogP contribution in [0.15, 0.2) is 12.1 Å². The molecule has 0 amide bonds. The van der Waals surface area contributed by atoms with Gasteiger partial charge >= 0.3 is 0 Å². The summed E-state index contributed by atoms with van der Waals surface area (Å²) in [6.45, 7) is 0.452. The minimum Gasteiger partial charge on any atom is -0.506 e. The first-order valence-corrected chi connectivity index (χ1v) is 7.42. The number of hydrogen-bond acceptors (Lipinski definition) is 3. The van der Waals surface area contributed by atoms with Crippen LogP contribution in [0.25, 0.3) is 0 Å². The van der Waals surface area contributed by atoms with E-state index in [0.29, 0.717) is 17.1 Å². The molecular formula is C14H19Cl2NO2. The number of phenolic OH excluding ortho intramolecular Hbond substituents is 1. The Bertz CT molecular complexity index is 440. The lowest BCUT2D eigenvalue weighted by atomic mass is 10.1. The summed E-state index contributed by atoms with van der Waals surface area (Å²) in [6, 6.07) is 3.28. The van der Waals surface area contributed by atoms with Crippen molar-refractivity contribution in [2.75, 3.05) is 0 Å². The van der Waals surface area contributed by atoms with Crippen LogP contribution in [0.3, 0.4) is 0 Å². The number of aromatic hydroxyl groups is 1. The number of aliphatic hydroxyl groups is 1. The van der Waals surface area contributed by atoms with Crippen molar-refractivity contribution in [3.8, 4) is 5.75 Å². The smallest absolute Gasteiger partial charge is 0.138 e. The van der Waals surface area contributed by atoms with Crippen LogP contribution in [0.2, 0.25) is 10.0 Å². The van der Waals surface area contributed by atoms with Gasteiger partial charge in [0.25, 0.3) is 0 Å². The average molecular weight is 304 g/mol. The van der Waals surface area contributed by atoms with Crippen LogP contribution >= 0.6 is 23.2 Å². The maximum absolute atomic E-state index is 10.0. The van der Waals surface area contributed by atoms with Crippen LogP contribution in [0.5, 0.6) is 5.75 Å². The van der Waals surface area contributed by atoms with Crippen molar-refractivity contribution >= 4 is 23.2 Å². The van der Waals surface area contributed by atoms with Crippen molar-refractivity contribution in [1.29, 1.82) is 0 Å².